The summed E-state index contributed by atoms with van der Waals surface area (Å²) in [6.07, 6.45) is 0. The molecular weight excluding hydrogens is 440 g/mol. The SMILES string of the molecule is CNC(=O)NC(=O)CSc1nc2scc(-c3cccs3)c2c(=O)n1-c1ccccc1. The van der Waals surface area contributed by atoms with Crippen LogP contribution in [0, 0.1) is 0 Å². The van der Waals surface area contributed by atoms with Gasteiger partial charge in [-0.15, -0.1) is 22.7 Å². The van der Waals surface area contributed by atoms with E-state index in [-0.39, 0.29) is 11.3 Å². The van der Waals surface area contributed by atoms with Gasteiger partial charge in [-0.1, -0.05) is 36.0 Å². The molecule has 0 atom stereocenters. The zero-order valence-electron chi connectivity index (χ0n) is 15.7. The van der Waals surface area contributed by atoms with Crippen LogP contribution >= 0.6 is 34.4 Å². The fraction of sp³-hybridized carbons (Fsp3) is 0.100. The first-order chi connectivity index (χ1) is 14.6. The zero-order valence-corrected chi connectivity index (χ0v) is 18.2. The van der Waals surface area contributed by atoms with E-state index < -0.39 is 11.9 Å². The molecule has 0 aliphatic rings. The average molecular weight is 457 g/mol. The van der Waals surface area contributed by atoms with E-state index in [0.29, 0.717) is 21.1 Å². The molecule has 0 saturated carbocycles. The molecule has 7 nitrogen and oxygen atoms in total. The highest BCUT2D eigenvalue weighted by atomic mass is 32.2. The molecule has 152 valence electrons. The number of benzene rings is 1. The van der Waals surface area contributed by atoms with E-state index >= 15 is 0 Å². The van der Waals surface area contributed by atoms with Crippen LogP contribution < -0.4 is 16.2 Å². The lowest BCUT2D eigenvalue weighted by Crippen LogP contribution is -2.38. The van der Waals surface area contributed by atoms with E-state index in [0.717, 1.165) is 22.2 Å². The first kappa shape index (κ1) is 20.3. The summed E-state index contributed by atoms with van der Waals surface area (Å²) in [6.45, 7) is 0. The summed E-state index contributed by atoms with van der Waals surface area (Å²) in [4.78, 5) is 43.2. The molecule has 0 radical (unpaired) electrons. The molecule has 10 heteroatoms. The van der Waals surface area contributed by atoms with Gasteiger partial charge < -0.3 is 5.32 Å². The molecule has 4 aromatic rings. The third-order valence-electron chi connectivity index (χ3n) is 4.19. The van der Waals surface area contributed by atoms with E-state index in [2.05, 4.69) is 15.6 Å². The van der Waals surface area contributed by atoms with Crippen molar-refractivity contribution in [3.8, 4) is 16.1 Å². The maximum absolute atomic E-state index is 13.6. The van der Waals surface area contributed by atoms with Gasteiger partial charge in [-0.05, 0) is 23.6 Å². The summed E-state index contributed by atoms with van der Waals surface area (Å²) >= 11 is 4.07. The van der Waals surface area contributed by atoms with Crippen LogP contribution in [0.25, 0.3) is 26.3 Å². The number of urea groups is 1. The van der Waals surface area contributed by atoms with Crippen LogP contribution in [0.2, 0.25) is 0 Å². The van der Waals surface area contributed by atoms with Crippen LogP contribution in [0.4, 0.5) is 4.79 Å². The number of thiophene rings is 2. The van der Waals surface area contributed by atoms with Gasteiger partial charge in [0.15, 0.2) is 5.16 Å². The molecule has 3 amide bonds. The Labute approximate surface area is 183 Å². The van der Waals surface area contributed by atoms with Crippen molar-refractivity contribution < 1.29 is 9.59 Å². The van der Waals surface area contributed by atoms with E-state index in [1.54, 1.807) is 11.3 Å². The van der Waals surface area contributed by atoms with Gasteiger partial charge in [0.05, 0.1) is 16.8 Å². The first-order valence-corrected chi connectivity index (χ1v) is 11.6. The Kier molecular flexibility index (Phi) is 5.98. The second-order valence-corrected chi connectivity index (χ2v) is 8.84. The molecule has 0 aliphatic carbocycles. The minimum Gasteiger partial charge on any atom is -0.341 e. The molecule has 0 bridgehead atoms. The topological polar surface area (TPSA) is 93.1 Å². The van der Waals surface area contributed by atoms with E-state index in [1.165, 1.54) is 23.0 Å². The lowest BCUT2D eigenvalue weighted by Gasteiger charge is -2.12. The van der Waals surface area contributed by atoms with Gasteiger partial charge in [0, 0.05) is 22.9 Å². The molecule has 3 heterocycles. The normalized spacial score (nSPS) is 10.8. The Bertz CT molecular complexity index is 1260. The molecule has 0 fully saturated rings. The lowest BCUT2D eigenvalue weighted by molar-refractivity contribution is -0.117. The summed E-state index contributed by atoms with van der Waals surface area (Å²) in [7, 11) is 1.43. The van der Waals surface area contributed by atoms with Crippen LogP contribution in [-0.4, -0.2) is 34.3 Å². The number of aromatic nitrogens is 2. The number of amides is 3. The second-order valence-electron chi connectivity index (χ2n) is 6.09. The summed E-state index contributed by atoms with van der Waals surface area (Å²) in [6, 6.07) is 12.5. The van der Waals surface area contributed by atoms with Crippen molar-refractivity contribution >= 4 is 56.6 Å². The van der Waals surface area contributed by atoms with Crippen LogP contribution in [0.15, 0.2) is 63.2 Å². The van der Waals surface area contributed by atoms with E-state index in [4.69, 9.17) is 0 Å². The van der Waals surface area contributed by atoms with Crippen molar-refractivity contribution in [1.29, 1.82) is 0 Å². The highest BCUT2D eigenvalue weighted by Gasteiger charge is 2.19. The second kappa shape index (κ2) is 8.82. The summed E-state index contributed by atoms with van der Waals surface area (Å²) in [5, 5.41) is 9.41. The lowest BCUT2D eigenvalue weighted by atomic mass is 10.2. The molecule has 0 aliphatic heterocycles. The number of hydrogen-bond donors (Lipinski definition) is 2. The minimum atomic E-state index is -0.580. The smallest absolute Gasteiger partial charge is 0.321 e. The van der Waals surface area contributed by atoms with Crippen LogP contribution in [0.5, 0.6) is 0 Å². The zero-order chi connectivity index (χ0) is 21.1. The molecule has 30 heavy (non-hydrogen) atoms. The predicted octanol–water partition coefficient (Wildman–Crippen LogP) is 3.72. The fourth-order valence-electron chi connectivity index (χ4n) is 2.84. The number of hydrogen-bond acceptors (Lipinski definition) is 7. The number of nitrogens with zero attached hydrogens (tertiary/aromatic N) is 2. The molecule has 0 spiro atoms. The number of para-hydroxylation sites is 1. The van der Waals surface area contributed by atoms with Crippen molar-refractivity contribution in [2.75, 3.05) is 12.8 Å². The van der Waals surface area contributed by atoms with Gasteiger partial charge >= 0.3 is 6.03 Å². The number of imide groups is 1. The van der Waals surface area contributed by atoms with Gasteiger partial charge in [-0.2, -0.15) is 0 Å². The number of rotatable bonds is 5. The van der Waals surface area contributed by atoms with Gasteiger partial charge in [0.2, 0.25) is 5.91 Å². The Morgan fingerprint density at radius 1 is 1.13 bits per heavy atom. The monoisotopic (exact) mass is 456 g/mol. The van der Waals surface area contributed by atoms with Crippen molar-refractivity contribution in [1.82, 2.24) is 20.2 Å². The van der Waals surface area contributed by atoms with Gasteiger partial charge in [-0.3, -0.25) is 19.5 Å². The molecule has 0 saturated heterocycles. The number of nitrogens with one attached hydrogen (secondary N) is 2. The van der Waals surface area contributed by atoms with Crippen molar-refractivity contribution in [3.63, 3.8) is 0 Å². The maximum Gasteiger partial charge on any atom is 0.321 e. The van der Waals surface area contributed by atoms with Crippen LogP contribution in [0.1, 0.15) is 0 Å². The molecular formula is C20H16N4O3S3. The highest BCUT2D eigenvalue weighted by Crippen LogP contribution is 2.35. The Balaban J connectivity index is 1.80. The summed E-state index contributed by atoms with van der Waals surface area (Å²) < 4.78 is 1.52. The molecule has 1 aromatic carbocycles. The highest BCUT2D eigenvalue weighted by molar-refractivity contribution is 7.99. The van der Waals surface area contributed by atoms with Crippen molar-refractivity contribution in [3.05, 3.63) is 63.6 Å². The third kappa shape index (κ3) is 4.02. The van der Waals surface area contributed by atoms with Gasteiger partial charge in [-0.25, -0.2) is 9.78 Å². The standard InChI is InChI=1S/C20H16N4O3S3/c1-21-19(27)22-15(25)11-30-20-23-17-16(13(10-29-17)14-8-5-9-28-14)18(26)24(20)12-6-3-2-4-7-12/h2-10H,11H2,1H3,(H2,21,22,25,27). The minimum absolute atomic E-state index is 0.0542. The third-order valence-corrected chi connectivity index (χ3v) is 6.90. The van der Waals surface area contributed by atoms with Crippen LogP contribution in [-0.2, 0) is 4.79 Å². The largest absolute Gasteiger partial charge is 0.341 e. The van der Waals surface area contributed by atoms with Crippen LogP contribution in [0.3, 0.4) is 0 Å². The molecule has 2 N–H and O–H groups in total. The predicted molar refractivity (Wildman–Crippen MR) is 122 cm³/mol. The molecule has 0 unspecified atom stereocenters. The molecule has 4 rings (SSSR count). The van der Waals surface area contributed by atoms with Gasteiger partial charge in [0.25, 0.3) is 5.56 Å². The summed E-state index contributed by atoms with van der Waals surface area (Å²) in [5.41, 5.74) is 1.33. The number of carbonyl (C=O) groups is 2. The van der Waals surface area contributed by atoms with Crippen molar-refractivity contribution in [2.24, 2.45) is 0 Å². The average Bonchev–Trinajstić information content (AvgIpc) is 3.42. The maximum atomic E-state index is 13.6. The van der Waals surface area contributed by atoms with Gasteiger partial charge in [0.1, 0.15) is 4.83 Å². The number of thioether (sulfide) groups is 1. The fourth-order valence-corrected chi connectivity index (χ4v) is 5.46. The molecule has 3 aromatic heterocycles. The van der Waals surface area contributed by atoms with E-state index in [1.807, 2.05) is 53.2 Å². The van der Waals surface area contributed by atoms with E-state index in [9.17, 15) is 14.4 Å². The van der Waals surface area contributed by atoms with Crippen molar-refractivity contribution in [2.45, 2.75) is 5.16 Å². The Morgan fingerprint density at radius 3 is 2.63 bits per heavy atom. The Morgan fingerprint density at radius 2 is 1.93 bits per heavy atom. The summed E-state index contributed by atoms with van der Waals surface area (Å²) in [5.74, 6) is -0.528. The Hall–Kier alpha value is -2.95. The number of fused-ring (bicyclic) bond motifs is 1. The quantitative estimate of drug-likeness (QED) is 0.353. The number of carbonyl (C=O) groups excluding carboxylic acids is 2. The first-order valence-electron chi connectivity index (χ1n) is 8.86.